The molecule has 0 unspecified atom stereocenters. The van der Waals surface area contributed by atoms with Crippen LogP contribution in [-0.4, -0.2) is 19.5 Å². The third-order valence-corrected chi connectivity index (χ3v) is 4.38. The van der Waals surface area contributed by atoms with Crippen molar-refractivity contribution >= 4 is 28.2 Å². The summed E-state index contributed by atoms with van der Waals surface area (Å²) >= 11 is 0. The van der Waals surface area contributed by atoms with Crippen molar-refractivity contribution < 1.29 is 0 Å². The maximum absolute atomic E-state index is 6.36. The van der Waals surface area contributed by atoms with Gasteiger partial charge in [0.1, 0.15) is 18.3 Å². The van der Waals surface area contributed by atoms with E-state index in [-0.39, 0.29) is 0 Å². The minimum Gasteiger partial charge on any atom is -0.393 e. The van der Waals surface area contributed by atoms with Crippen LogP contribution in [0.15, 0.2) is 61.2 Å². The lowest BCUT2D eigenvalue weighted by Crippen LogP contribution is -2.07. The van der Waals surface area contributed by atoms with Crippen LogP contribution in [0.1, 0.15) is 25.3 Å². The second-order valence-corrected chi connectivity index (χ2v) is 6.46. The van der Waals surface area contributed by atoms with Gasteiger partial charge in [0, 0.05) is 5.69 Å². The average Bonchev–Trinajstić information content (AvgIpc) is 3.08. The average molecular weight is 344 g/mol. The Bertz CT molecular complexity index is 1050. The van der Waals surface area contributed by atoms with Crippen LogP contribution in [0.4, 0.5) is 17.2 Å². The summed E-state index contributed by atoms with van der Waals surface area (Å²) in [4.78, 5) is 13.1. The number of imidazole rings is 1. The summed E-state index contributed by atoms with van der Waals surface area (Å²) in [5.74, 6) is 1.68. The number of fused-ring (bicyclic) bond motifs is 1. The van der Waals surface area contributed by atoms with Crippen molar-refractivity contribution in [2.24, 2.45) is 0 Å². The topological polar surface area (TPSA) is 81.7 Å². The van der Waals surface area contributed by atoms with Crippen molar-refractivity contribution in [3.63, 3.8) is 0 Å². The second-order valence-electron chi connectivity index (χ2n) is 6.46. The Morgan fingerprint density at radius 2 is 1.73 bits per heavy atom. The summed E-state index contributed by atoms with van der Waals surface area (Å²) in [7, 11) is 0. The van der Waals surface area contributed by atoms with Gasteiger partial charge in [0.25, 0.3) is 0 Å². The number of para-hydroxylation sites is 2. The highest BCUT2D eigenvalue weighted by Gasteiger charge is 2.13. The Morgan fingerprint density at radius 1 is 0.962 bits per heavy atom. The van der Waals surface area contributed by atoms with E-state index in [0.29, 0.717) is 23.2 Å². The van der Waals surface area contributed by atoms with Gasteiger partial charge in [-0.3, -0.25) is 4.57 Å². The van der Waals surface area contributed by atoms with E-state index in [2.05, 4.69) is 46.2 Å². The molecule has 0 spiro atoms. The molecule has 2 aromatic heterocycles. The Morgan fingerprint density at radius 3 is 2.50 bits per heavy atom. The molecule has 0 bridgehead atoms. The first kappa shape index (κ1) is 16.1. The van der Waals surface area contributed by atoms with E-state index >= 15 is 0 Å². The molecule has 0 aliphatic heterocycles. The number of nitrogens with zero attached hydrogens (tertiary/aromatic N) is 4. The summed E-state index contributed by atoms with van der Waals surface area (Å²) in [6, 6.07) is 16.1. The molecule has 0 radical (unpaired) electrons. The molecule has 130 valence electrons. The molecule has 3 N–H and O–H groups in total. The summed E-state index contributed by atoms with van der Waals surface area (Å²) in [6.45, 7) is 4.35. The van der Waals surface area contributed by atoms with E-state index in [1.54, 1.807) is 6.33 Å². The van der Waals surface area contributed by atoms with Crippen LogP contribution in [0.2, 0.25) is 0 Å². The molecular weight excluding hydrogens is 324 g/mol. The van der Waals surface area contributed by atoms with Gasteiger partial charge in [0.2, 0.25) is 0 Å². The summed E-state index contributed by atoms with van der Waals surface area (Å²) < 4.78 is 1.87. The fourth-order valence-electron chi connectivity index (χ4n) is 2.89. The second kappa shape index (κ2) is 6.48. The van der Waals surface area contributed by atoms with Crippen molar-refractivity contribution in [1.29, 1.82) is 0 Å². The maximum Gasteiger partial charge on any atom is 0.167 e. The van der Waals surface area contributed by atoms with Crippen LogP contribution in [0.3, 0.4) is 0 Å². The Labute approximate surface area is 151 Å². The van der Waals surface area contributed by atoms with Crippen molar-refractivity contribution in [2.75, 3.05) is 11.1 Å². The SMILES string of the molecule is CC(C)c1ccc(Nc2ncnc(-n3cnc4ccccc43)c2N)cc1. The number of anilines is 3. The van der Waals surface area contributed by atoms with Crippen molar-refractivity contribution in [1.82, 2.24) is 19.5 Å². The number of benzene rings is 2. The minimum absolute atomic E-state index is 0.476. The first-order valence-corrected chi connectivity index (χ1v) is 8.53. The van der Waals surface area contributed by atoms with Crippen LogP contribution in [0.5, 0.6) is 0 Å². The number of nitrogen functional groups attached to an aromatic ring is 1. The molecule has 0 saturated heterocycles. The highest BCUT2D eigenvalue weighted by Crippen LogP contribution is 2.27. The fraction of sp³-hybridized carbons (Fsp3) is 0.150. The lowest BCUT2D eigenvalue weighted by molar-refractivity contribution is 0.867. The smallest absolute Gasteiger partial charge is 0.167 e. The lowest BCUT2D eigenvalue weighted by Gasteiger charge is -2.13. The third kappa shape index (κ3) is 2.86. The van der Waals surface area contributed by atoms with Crippen molar-refractivity contribution in [2.45, 2.75) is 19.8 Å². The molecular formula is C20H20N6. The lowest BCUT2D eigenvalue weighted by atomic mass is 10.0. The molecule has 0 atom stereocenters. The summed E-state index contributed by atoms with van der Waals surface area (Å²) in [5, 5.41) is 3.28. The molecule has 26 heavy (non-hydrogen) atoms. The molecule has 4 aromatic rings. The van der Waals surface area contributed by atoms with Crippen LogP contribution < -0.4 is 11.1 Å². The zero-order valence-corrected chi connectivity index (χ0v) is 14.7. The van der Waals surface area contributed by atoms with Gasteiger partial charge in [-0.15, -0.1) is 0 Å². The quantitative estimate of drug-likeness (QED) is 0.578. The standard InChI is InChI=1S/C20H20N6/c1-13(2)14-7-9-15(10-8-14)25-19-18(21)20(23-11-22-19)26-12-24-16-5-3-4-6-17(16)26/h3-13H,21H2,1-2H3,(H,22,23,25). The number of hydrogen-bond donors (Lipinski definition) is 2. The molecule has 6 nitrogen and oxygen atoms in total. The van der Waals surface area contributed by atoms with Crippen molar-refractivity contribution in [3.05, 3.63) is 66.7 Å². The number of rotatable bonds is 4. The number of nitrogens with two attached hydrogens (primary N) is 1. The molecule has 6 heteroatoms. The van der Waals surface area contributed by atoms with Gasteiger partial charge in [0.15, 0.2) is 11.6 Å². The Kier molecular flexibility index (Phi) is 4.01. The van der Waals surface area contributed by atoms with E-state index < -0.39 is 0 Å². The first-order valence-electron chi connectivity index (χ1n) is 8.53. The highest BCUT2D eigenvalue weighted by molar-refractivity contribution is 5.81. The summed E-state index contributed by atoms with van der Waals surface area (Å²) in [5.41, 5.74) is 10.9. The molecule has 0 aliphatic rings. The monoisotopic (exact) mass is 344 g/mol. The number of nitrogens with one attached hydrogen (secondary N) is 1. The van der Waals surface area contributed by atoms with E-state index in [4.69, 9.17) is 5.73 Å². The fourth-order valence-corrected chi connectivity index (χ4v) is 2.89. The highest BCUT2D eigenvalue weighted by atomic mass is 15.2. The maximum atomic E-state index is 6.36. The zero-order valence-electron chi connectivity index (χ0n) is 14.7. The van der Waals surface area contributed by atoms with Gasteiger partial charge in [-0.1, -0.05) is 38.1 Å². The van der Waals surface area contributed by atoms with Crippen LogP contribution in [-0.2, 0) is 0 Å². The predicted octanol–water partition coefficient (Wildman–Crippen LogP) is 4.26. The molecule has 0 amide bonds. The molecule has 2 aromatic carbocycles. The molecule has 0 saturated carbocycles. The van der Waals surface area contributed by atoms with Crippen LogP contribution in [0.25, 0.3) is 16.9 Å². The van der Waals surface area contributed by atoms with E-state index in [1.165, 1.54) is 11.9 Å². The summed E-state index contributed by atoms with van der Waals surface area (Å²) in [6.07, 6.45) is 3.23. The van der Waals surface area contributed by atoms with Gasteiger partial charge < -0.3 is 11.1 Å². The van der Waals surface area contributed by atoms with Gasteiger partial charge in [-0.05, 0) is 35.7 Å². The van der Waals surface area contributed by atoms with Crippen molar-refractivity contribution in [3.8, 4) is 5.82 Å². The molecule has 4 rings (SSSR count). The van der Waals surface area contributed by atoms with Gasteiger partial charge >= 0.3 is 0 Å². The van der Waals surface area contributed by atoms with Gasteiger partial charge in [-0.2, -0.15) is 0 Å². The van der Waals surface area contributed by atoms with E-state index in [0.717, 1.165) is 16.7 Å². The number of hydrogen-bond acceptors (Lipinski definition) is 5. The first-order chi connectivity index (χ1) is 12.6. The van der Waals surface area contributed by atoms with Crippen LogP contribution in [0, 0.1) is 0 Å². The third-order valence-electron chi connectivity index (χ3n) is 4.38. The Balaban J connectivity index is 1.70. The van der Waals surface area contributed by atoms with E-state index in [1.807, 2.05) is 41.0 Å². The minimum atomic E-state index is 0.476. The van der Waals surface area contributed by atoms with E-state index in [9.17, 15) is 0 Å². The zero-order chi connectivity index (χ0) is 18.1. The molecule has 0 fully saturated rings. The van der Waals surface area contributed by atoms with Gasteiger partial charge in [0.05, 0.1) is 11.0 Å². The molecule has 2 heterocycles. The number of aromatic nitrogens is 4. The normalized spacial score (nSPS) is 11.2. The molecule has 0 aliphatic carbocycles. The van der Waals surface area contributed by atoms with Crippen LogP contribution >= 0.6 is 0 Å². The Hall–Kier alpha value is -3.41. The van der Waals surface area contributed by atoms with Gasteiger partial charge in [-0.25, -0.2) is 15.0 Å². The predicted molar refractivity (Wildman–Crippen MR) is 105 cm³/mol. The largest absolute Gasteiger partial charge is 0.393 e.